The van der Waals surface area contributed by atoms with E-state index in [4.69, 9.17) is 0 Å². The summed E-state index contributed by atoms with van der Waals surface area (Å²) < 4.78 is 0. The predicted molar refractivity (Wildman–Crippen MR) is 97.4 cm³/mol. The molecule has 0 aliphatic carbocycles. The number of benzene rings is 2. The average Bonchev–Trinajstić information content (AvgIpc) is 2.49. The lowest BCUT2D eigenvalue weighted by molar-refractivity contribution is 0.101. The normalized spacial score (nSPS) is 12.8. The molecule has 0 aliphatic rings. The summed E-state index contributed by atoms with van der Waals surface area (Å²) in [6.07, 6.45) is 0.378. The van der Waals surface area contributed by atoms with Crippen molar-refractivity contribution >= 4 is 0 Å². The van der Waals surface area contributed by atoms with Crippen molar-refractivity contribution in [2.24, 2.45) is 5.92 Å². The molecule has 0 aliphatic heterocycles. The molecule has 124 valence electrons. The summed E-state index contributed by atoms with van der Waals surface area (Å²) in [4.78, 5) is 2.38. The van der Waals surface area contributed by atoms with Crippen LogP contribution in [0.15, 0.2) is 54.6 Å². The number of aryl methyl sites for hydroxylation is 1. The molecule has 0 unspecified atom stereocenters. The first kappa shape index (κ1) is 17.7. The van der Waals surface area contributed by atoms with Crippen molar-refractivity contribution in [3.8, 4) is 0 Å². The van der Waals surface area contributed by atoms with Crippen LogP contribution in [0.3, 0.4) is 0 Å². The molecular formula is C21H29NO. The number of hydrogen-bond acceptors (Lipinski definition) is 2. The molecule has 2 aromatic carbocycles. The first-order chi connectivity index (χ1) is 11.0. The predicted octanol–water partition coefficient (Wildman–Crippen LogP) is 4.06. The number of aliphatic hydroxyl groups excluding tert-OH is 1. The van der Waals surface area contributed by atoms with Gasteiger partial charge in [-0.15, -0.1) is 0 Å². The summed E-state index contributed by atoms with van der Waals surface area (Å²) in [7, 11) is 0. The minimum atomic E-state index is -0.333. The Hall–Kier alpha value is -1.64. The maximum Gasteiger partial charge on any atom is 0.0707 e. The maximum atomic E-state index is 10.5. The number of rotatable bonds is 8. The first-order valence-electron chi connectivity index (χ1n) is 8.53. The fourth-order valence-corrected chi connectivity index (χ4v) is 3.00. The number of nitrogens with zero attached hydrogens (tertiary/aromatic N) is 1. The van der Waals surface area contributed by atoms with Crippen molar-refractivity contribution in [3.05, 3.63) is 71.3 Å². The van der Waals surface area contributed by atoms with Crippen molar-refractivity contribution in [2.45, 2.75) is 39.8 Å². The van der Waals surface area contributed by atoms with Crippen LogP contribution in [0.1, 0.15) is 30.5 Å². The van der Waals surface area contributed by atoms with Crippen molar-refractivity contribution in [1.29, 1.82) is 0 Å². The molecule has 0 saturated carbocycles. The van der Waals surface area contributed by atoms with E-state index >= 15 is 0 Å². The summed E-state index contributed by atoms with van der Waals surface area (Å²) in [6, 6.07) is 18.7. The van der Waals surface area contributed by atoms with Crippen LogP contribution in [0.5, 0.6) is 0 Å². The lowest BCUT2D eigenvalue weighted by Crippen LogP contribution is -2.35. The highest BCUT2D eigenvalue weighted by molar-refractivity contribution is 5.25. The summed E-state index contributed by atoms with van der Waals surface area (Å²) in [6.45, 7) is 9.23. The topological polar surface area (TPSA) is 23.5 Å². The zero-order chi connectivity index (χ0) is 16.7. The van der Waals surface area contributed by atoms with Gasteiger partial charge in [-0.25, -0.2) is 0 Å². The molecular weight excluding hydrogens is 282 g/mol. The molecule has 0 saturated heterocycles. The first-order valence-corrected chi connectivity index (χ1v) is 8.53. The smallest absolute Gasteiger partial charge is 0.0707 e. The second-order valence-corrected chi connectivity index (χ2v) is 6.86. The highest BCUT2D eigenvalue weighted by Crippen LogP contribution is 2.13. The Bertz CT molecular complexity index is 579. The fraction of sp³-hybridized carbons (Fsp3) is 0.429. The molecule has 0 spiro atoms. The third kappa shape index (κ3) is 6.17. The number of aliphatic hydroxyl groups is 1. The lowest BCUT2D eigenvalue weighted by Gasteiger charge is -2.27. The maximum absolute atomic E-state index is 10.5. The molecule has 0 radical (unpaired) electrons. The van der Waals surface area contributed by atoms with Crippen LogP contribution >= 0.6 is 0 Å². The van der Waals surface area contributed by atoms with Gasteiger partial charge in [0.15, 0.2) is 0 Å². The molecule has 2 rings (SSSR count). The summed E-state index contributed by atoms with van der Waals surface area (Å²) >= 11 is 0. The van der Waals surface area contributed by atoms with E-state index in [0.717, 1.165) is 13.1 Å². The Morgan fingerprint density at radius 1 is 0.913 bits per heavy atom. The van der Waals surface area contributed by atoms with Crippen LogP contribution in [0, 0.1) is 12.8 Å². The molecule has 2 nitrogen and oxygen atoms in total. The van der Waals surface area contributed by atoms with Crippen molar-refractivity contribution in [2.75, 3.05) is 13.1 Å². The minimum absolute atomic E-state index is 0.333. The van der Waals surface area contributed by atoms with Gasteiger partial charge in [0.1, 0.15) is 0 Å². The van der Waals surface area contributed by atoms with Gasteiger partial charge in [0.05, 0.1) is 6.10 Å². The van der Waals surface area contributed by atoms with Crippen molar-refractivity contribution < 1.29 is 5.11 Å². The summed E-state index contributed by atoms with van der Waals surface area (Å²) in [5.41, 5.74) is 3.86. The van der Waals surface area contributed by atoms with Gasteiger partial charge in [0.2, 0.25) is 0 Å². The molecule has 1 atom stereocenters. The molecule has 1 N–H and O–H groups in total. The quantitative estimate of drug-likeness (QED) is 0.795. The van der Waals surface area contributed by atoms with Gasteiger partial charge in [-0.05, 0) is 36.0 Å². The molecule has 0 amide bonds. The van der Waals surface area contributed by atoms with E-state index < -0.39 is 0 Å². The largest absolute Gasteiger partial charge is 0.391 e. The Kier molecular flexibility index (Phi) is 6.82. The van der Waals surface area contributed by atoms with Gasteiger partial charge in [0, 0.05) is 19.6 Å². The van der Waals surface area contributed by atoms with Gasteiger partial charge in [-0.2, -0.15) is 0 Å². The second-order valence-electron chi connectivity index (χ2n) is 6.86. The average molecular weight is 311 g/mol. The third-order valence-corrected chi connectivity index (χ3v) is 4.06. The van der Waals surface area contributed by atoms with Crippen LogP contribution in [0.4, 0.5) is 0 Å². The Morgan fingerprint density at radius 2 is 1.57 bits per heavy atom. The van der Waals surface area contributed by atoms with Crippen LogP contribution in [-0.2, 0) is 13.0 Å². The standard InChI is InChI=1S/C21H29NO/c1-17(2)14-22(15-20-12-8-7-9-18(20)3)16-21(23)13-19-10-5-4-6-11-19/h4-12,17,21,23H,13-16H2,1-3H3/t21-/m0/s1. The Balaban J connectivity index is 1.99. The van der Waals surface area contributed by atoms with Crippen LogP contribution in [0.2, 0.25) is 0 Å². The van der Waals surface area contributed by atoms with Gasteiger partial charge < -0.3 is 5.11 Å². The molecule has 0 heterocycles. The molecule has 0 bridgehead atoms. The summed E-state index contributed by atoms with van der Waals surface area (Å²) in [5.74, 6) is 0.586. The van der Waals surface area contributed by atoms with Gasteiger partial charge in [0.25, 0.3) is 0 Å². The molecule has 0 aromatic heterocycles. The Morgan fingerprint density at radius 3 is 2.22 bits per heavy atom. The lowest BCUT2D eigenvalue weighted by atomic mass is 10.0. The second kappa shape index (κ2) is 8.85. The van der Waals surface area contributed by atoms with Crippen LogP contribution in [0.25, 0.3) is 0 Å². The van der Waals surface area contributed by atoms with Crippen molar-refractivity contribution in [1.82, 2.24) is 4.90 Å². The van der Waals surface area contributed by atoms with Gasteiger partial charge in [-0.3, -0.25) is 4.90 Å². The van der Waals surface area contributed by atoms with Gasteiger partial charge in [-0.1, -0.05) is 68.4 Å². The zero-order valence-corrected chi connectivity index (χ0v) is 14.6. The van der Waals surface area contributed by atoms with E-state index in [1.54, 1.807) is 0 Å². The molecule has 2 heteroatoms. The van der Waals surface area contributed by atoms with E-state index in [9.17, 15) is 5.11 Å². The van der Waals surface area contributed by atoms with E-state index in [1.165, 1.54) is 16.7 Å². The fourth-order valence-electron chi connectivity index (χ4n) is 3.00. The van der Waals surface area contributed by atoms with Gasteiger partial charge >= 0.3 is 0 Å². The monoisotopic (exact) mass is 311 g/mol. The summed E-state index contributed by atoms with van der Waals surface area (Å²) in [5, 5.41) is 10.5. The minimum Gasteiger partial charge on any atom is -0.391 e. The van der Waals surface area contributed by atoms with E-state index in [2.05, 4.69) is 62.1 Å². The van der Waals surface area contributed by atoms with E-state index in [0.29, 0.717) is 18.9 Å². The highest BCUT2D eigenvalue weighted by atomic mass is 16.3. The highest BCUT2D eigenvalue weighted by Gasteiger charge is 2.15. The Labute approximate surface area is 140 Å². The third-order valence-electron chi connectivity index (χ3n) is 4.06. The molecule has 0 fully saturated rings. The SMILES string of the molecule is Cc1ccccc1CN(CC(C)C)C[C@@H](O)Cc1ccccc1. The molecule has 23 heavy (non-hydrogen) atoms. The van der Waals surface area contributed by atoms with Crippen molar-refractivity contribution in [3.63, 3.8) is 0 Å². The molecule has 2 aromatic rings. The zero-order valence-electron chi connectivity index (χ0n) is 14.6. The van der Waals surface area contributed by atoms with Crippen LogP contribution < -0.4 is 0 Å². The number of hydrogen-bond donors (Lipinski definition) is 1. The van der Waals surface area contributed by atoms with Crippen LogP contribution in [-0.4, -0.2) is 29.2 Å². The van der Waals surface area contributed by atoms with E-state index in [1.807, 2.05) is 18.2 Å². The van der Waals surface area contributed by atoms with E-state index in [-0.39, 0.29) is 6.10 Å².